The average molecular weight is 479 g/mol. The van der Waals surface area contributed by atoms with Crippen molar-refractivity contribution in [3.63, 3.8) is 0 Å². The minimum absolute atomic E-state index is 0.0509. The van der Waals surface area contributed by atoms with Crippen LogP contribution in [0.2, 0.25) is 0 Å². The van der Waals surface area contributed by atoms with Gasteiger partial charge in [0.25, 0.3) is 5.56 Å². The van der Waals surface area contributed by atoms with Gasteiger partial charge in [-0.1, -0.05) is 42.1 Å². The van der Waals surface area contributed by atoms with Crippen LogP contribution in [0.1, 0.15) is 27.8 Å². The lowest BCUT2D eigenvalue weighted by Crippen LogP contribution is -2.21. The molecule has 3 heterocycles. The van der Waals surface area contributed by atoms with Gasteiger partial charge < -0.3 is 0 Å². The average Bonchev–Trinajstić information content (AvgIpc) is 3.53. The van der Waals surface area contributed by atoms with Crippen molar-refractivity contribution in [3.8, 4) is 17.3 Å². The third-order valence-corrected chi connectivity index (χ3v) is 8.69. The molecule has 0 bridgehead atoms. The number of thioether (sulfide) groups is 1. The van der Waals surface area contributed by atoms with Gasteiger partial charge in [0.05, 0.1) is 22.9 Å². The summed E-state index contributed by atoms with van der Waals surface area (Å²) in [5.41, 5.74) is 2.79. The molecule has 0 radical (unpaired) electrons. The molecule has 0 aliphatic heterocycles. The van der Waals surface area contributed by atoms with E-state index >= 15 is 0 Å². The molecule has 9 heteroatoms. The Morgan fingerprint density at radius 2 is 2.09 bits per heavy atom. The number of ketones is 1. The quantitative estimate of drug-likeness (QED) is 0.298. The number of carbonyl (C=O) groups is 1. The Balaban J connectivity index is 1.36. The SMILES string of the molecule is Cn1c(SCC(=O)C(C#N)c2nc(-c3ccccc3)cs2)nc2sc3c(c2c1=O)CCC3. The number of hydrogen-bond acceptors (Lipinski definition) is 8. The smallest absolute Gasteiger partial charge is 0.262 e. The molecule has 4 aromatic rings. The second-order valence-corrected chi connectivity index (χ2v) is 10.5. The van der Waals surface area contributed by atoms with Crippen molar-refractivity contribution in [2.75, 3.05) is 5.75 Å². The first-order valence-electron chi connectivity index (χ1n) is 10.1. The van der Waals surface area contributed by atoms with Crippen LogP contribution >= 0.6 is 34.4 Å². The Morgan fingerprint density at radius 1 is 1.28 bits per heavy atom. The lowest BCUT2D eigenvalue weighted by atomic mass is 10.1. The van der Waals surface area contributed by atoms with Crippen LogP contribution in [0.4, 0.5) is 0 Å². The molecule has 5 rings (SSSR count). The number of benzene rings is 1. The number of rotatable bonds is 6. The molecule has 1 aliphatic rings. The van der Waals surface area contributed by atoms with Crippen LogP contribution in [0.25, 0.3) is 21.5 Å². The molecular weight excluding hydrogens is 460 g/mol. The molecule has 0 fully saturated rings. The second-order valence-electron chi connectivity index (χ2n) is 7.55. The van der Waals surface area contributed by atoms with Gasteiger partial charge in [-0.2, -0.15) is 5.26 Å². The van der Waals surface area contributed by atoms with Gasteiger partial charge in [0, 0.05) is 22.9 Å². The molecule has 6 nitrogen and oxygen atoms in total. The maximum Gasteiger partial charge on any atom is 0.262 e. The number of nitriles is 1. The molecule has 160 valence electrons. The number of Topliss-reactive ketones (excluding diaryl/α,β-unsaturated/α-hetero) is 1. The summed E-state index contributed by atoms with van der Waals surface area (Å²) >= 11 is 4.10. The van der Waals surface area contributed by atoms with Crippen LogP contribution in [-0.4, -0.2) is 26.1 Å². The summed E-state index contributed by atoms with van der Waals surface area (Å²) in [7, 11) is 1.69. The lowest BCUT2D eigenvalue weighted by molar-refractivity contribution is -0.116. The van der Waals surface area contributed by atoms with Crippen LogP contribution in [-0.2, 0) is 24.7 Å². The van der Waals surface area contributed by atoms with Crippen LogP contribution < -0.4 is 5.56 Å². The number of aromatic nitrogens is 3. The van der Waals surface area contributed by atoms with Crippen LogP contribution in [0.15, 0.2) is 45.7 Å². The van der Waals surface area contributed by atoms with Gasteiger partial charge in [-0.05, 0) is 24.8 Å². The number of aryl methyl sites for hydroxylation is 2. The zero-order valence-corrected chi connectivity index (χ0v) is 19.6. The van der Waals surface area contributed by atoms with Crippen molar-refractivity contribution >= 4 is 50.4 Å². The number of thiophene rings is 1. The van der Waals surface area contributed by atoms with Gasteiger partial charge in [0.15, 0.2) is 16.9 Å². The first kappa shape index (κ1) is 21.1. The van der Waals surface area contributed by atoms with Gasteiger partial charge in [0.1, 0.15) is 9.84 Å². The van der Waals surface area contributed by atoms with Gasteiger partial charge in [-0.3, -0.25) is 14.2 Å². The third kappa shape index (κ3) is 3.68. The van der Waals surface area contributed by atoms with E-state index in [2.05, 4.69) is 16.0 Å². The molecule has 3 aromatic heterocycles. The van der Waals surface area contributed by atoms with E-state index in [1.54, 1.807) is 18.4 Å². The summed E-state index contributed by atoms with van der Waals surface area (Å²) in [4.78, 5) is 37.0. The largest absolute Gasteiger partial charge is 0.297 e. The highest BCUT2D eigenvalue weighted by Gasteiger charge is 2.26. The summed E-state index contributed by atoms with van der Waals surface area (Å²) in [6, 6.07) is 11.8. The van der Waals surface area contributed by atoms with Crippen molar-refractivity contribution in [3.05, 3.63) is 61.5 Å². The van der Waals surface area contributed by atoms with E-state index in [-0.39, 0.29) is 17.1 Å². The Kier molecular flexibility index (Phi) is 5.67. The highest BCUT2D eigenvalue weighted by molar-refractivity contribution is 7.99. The van der Waals surface area contributed by atoms with Crippen molar-refractivity contribution in [1.82, 2.24) is 14.5 Å². The van der Waals surface area contributed by atoms with Crippen LogP contribution in [0.5, 0.6) is 0 Å². The fourth-order valence-corrected chi connectivity index (χ4v) is 6.95. The first-order valence-corrected chi connectivity index (χ1v) is 12.8. The van der Waals surface area contributed by atoms with E-state index in [0.717, 1.165) is 46.3 Å². The zero-order valence-electron chi connectivity index (χ0n) is 17.2. The monoisotopic (exact) mass is 478 g/mol. The lowest BCUT2D eigenvalue weighted by Gasteiger charge is -2.08. The highest BCUT2D eigenvalue weighted by atomic mass is 32.2. The number of thiazole rings is 1. The third-order valence-electron chi connectivity index (χ3n) is 5.54. The number of hydrogen-bond donors (Lipinski definition) is 0. The van der Waals surface area contributed by atoms with E-state index in [4.69, 9.17) is 0 Å². The molecule has 0 saturated carbocycles. The molecule has 0 saturated heterocycles. The predicted molar refractivity (Wildman–Crippen MR) is 129 cm³/mol. The summed E-state index contributed by atoms with van der Waals surface area (Å²) in [5.74, 6) is -1.12. The minimum Gasteiger partial charge on any atom is -0.297 e. The molecule has 1 atom stereocenters. The van der Waals surface area contributed by atoms with Crippen molar-refractivity contribution in [2.24, 2.45) is 7.05 Å². The normalized spacial score (nSPS) is 13.8. The number of fused-ring (bicyclic) bond motifs is 3. The molecule has 0 amide bonds. The number of carbonyl (C=O) groups excluding carboxylic acids is 1. The Labute approximate surface area is 196 Å². The van der Waals surface area contributed by atoms with Crippen molar-refractivity contribution < 1.29 is 4.79 Å². The van der Waals surface area contributed by atoms with Crippen LogP contribution in [0.3, 0.4) is 0 Å². The van der Waals surface area contributed by atoms with Gasteiger partial charge in [-0.25, -0.2) is 9.97 Å². The summed E-state index contributed by atoms with van der Waals surface area (Å²) in [6.45, 7) is 0. The molecule has 0 N–H and O–H groups in total. The summed E-state index contributed by atoms with van der Waals surface area (Å²) in [5, 5.41) is 13.2. The van der Waals surface area contributed by atoms with E-state index in [0.29, 0.717) is 10.2 Å². The predicted octanol–water partition coefficient (Wildman–Crippen LogP) is 4.58. The topological polar surface area (TPSA) is 88.6 Å². The van der Waals surface area contributed by atoms with Crippen molar-refractivity contribution in [1.29, 1.82) is 5.26 Å². The van der Waals surface area contributed by atoms with Crippen molar-refractivity contribution in [2.45, 2.75) is 30.3 Å². The molecule has 1 aliphatic carbocycles. The maximum atomic E-state index is 12.9. The Morgan fingerprint density at radius 3 is 2.88 bits per heavy atom. The maximum absolute atomic E-state index is 12.9. The molecule has 1 unspecified atom stereocenters. The van der Waals surface area contributed by atoms with E-state index in [1.807, 2.05) is 35.7 Å². The zero-order chi connectivity index (χ0) is 22.2. The van der Waals surface area contributed by atoms with Gasteiger partial charge in [0.2, 0.25) is 0 Å². The summed E-state index contributed by atoms with van der Waals surface area (Å²) in [6.07, 6.45) is 3.02. The van der Waals surface area contributed by atoms with Gasteiger partial charge in [-0.15, -0.1) is 22.7 Å². The van der Waals surface area contributed by atoms with E-state index in [9.17, 15) is 14.9 Å². The first-order chi connectivity index (χ1) is 15.6. The van der Waals surface area contributed by atoms with Crippen LogP contribution in [0, 0.1) is 11.3 Å². The Bertz CT molecular complexity index is 1430. The second kappa shape index (κ2) is 8.62. The molecule has 32 heavy (non-hydrogen) atoms. The number of nitrogens with zero attached hydrogens (tertiary/aromatic N) is 4. The highest BCUT2D eigenvalue weighted by Crippen LogP contribution is 2.35. The Hall–Kier alpha value is -2.80. The standard InChI is InChI=1S/C23H18N4O2S3/c1-27-22(29)19-14-8-5-9-18(14)32-21(19)26-23(27)31-12-17(28)15(10-24)20-25-16(11-30-20)13-6-3-2-4-7-13/h2-4,6-7,11,15H,5,8-9,12H2,1H3. The fraction of sp³-hybridized carbons (Fsp3) is 0.261. The summed E-state index contributed by atoms with van der Waals surface area (Å²) < 4.78 is 1.52. The molecule has 0 spiro atoms. The fourth-order valence-electron chi connectivity index (χ4n) is 3.88. The van der Waals surface area contributed by atoms with Gasteiger partial charge >= 0.3 is 0 Å². The van der Waals surface area contributed by atoms with E-state index < -0.39 is 5.92 Å². The molecular formula is C23H18N4O2S3. The molecule has 1 aromatic carbocycles. The van der Waals surface area contributed by atoms with E-state index in [1.165, 1.54) is 32.5 Å². The minimum atomic E-state index is -0.934.